The monoisotopic (exact) mass is 285 g/mol. The molecule has 0 heterocycles. The number of carbonyl (C=O) groups is 2. The number of hydrogen-bond donors (Lipinski definition) is 2. The lowest BCUT2D eigenvalue weighted by Crippen LogP contribution is -2.33. The Balaban J connectivity index is 3.51. The van der Waals surface area contributed by atoms with Crippen LogP contribution in [0, 0.1) is 0 Å². The van der Waals surface area contributed by atoms with Crippen LogP contribution < -0.4 is 5.73 Å². The van der Waals surface area contributed by atoms with Crippen LogP contribution in [0.5, 0.6) is 0 Å². The number of aryl methyl sites for hydroxylation is 1. The molecule has 7 heteroatoms. The van der Waals surface area contributed by atoms with E-state index in [0.29, 0.717) is 12.0 Å². The second kappa shape index (κ2) is 5.40. The number of primary amides is 1. The van der Waals surface area contributed by atoms with Crippen molar-refractivity contribution in [2.75, 3.05) is 0 Å². The summed E-state index contributed by atoms with van der Waals surface area (Å²) in [4.78, 5) is 21.8. The molecule has 19 heavy (non-hydrogen) atoms. The molecule has 0 bridgehead atoms. The topological polar surface area (TPSA) is 115 Å². The number of rotatable bonds is 5. The van der Waals surface area contributed by atoms with Gasteiger partial charge in [0.05, 0.1) is 10.5 Å². The fourth-order valence-corrected chi connectivity index (χ4v) is 3.14. The highest BCUT2D eigenvalue weighted by atomic mass is 32.2. The first-order chi connectivity index (χ1) is 8.71. The Morgan fingerprint density at radius 3 is 2.37 bits per heavy atom. The van der Waals surface area contributed by atoms with Gasteiger partial charge in [-0.1, -0.05) is 13.0 Å². The van der Waals surface area contributed by atoms with E-state index in [1.807, 2.05) is 0 Å². The zero-order valence-corrected chi connectivity index (χ0v) is 11.4. The van der Waals surface area contributed by atoms with E-state index in [1.165, 1.54) is 19.1 Å². The van der Waals surface area contributed by atoms with Crippen LogP contribution >= 0.6 is 0 Å². The maximum atomic E-state index is 12.2. The predicted octanol–water partition coefficient (Wildman–Crippen LogP) is 0.595. The second-order valence-corrected chi connectivity index (χ2v) is 6.31. The van der Waals surface area contributed by atoms with Crippen molar-refractivity contribution in [3.63, 3.8) is 0 Å². The van der Waals surface area contributed by atoms with E-state index in [9.17, 15) is 18.0 Å². The molecule has 6 nitrogen and oxygen atoms in total. The van der Waals surface area contributed by atoms with Crippen molar-refractivity contribution in [1.29, 1.82) is 0 Å². The minimum atomic E-state index is -3.97. The predicted molar refractivity (Wildman–Crippen MR) is 68.6 cm³/mol. The van der Waals surface area contributed by atoms with E-state index in [-0.39, 0.29) is 10.5 Å². The number of sulfone groups is 1. The molecule has 0 aliphatic carbocycles. The van der Waals surface area contributed by atoms with Crippen molar-refractivity contribution in [1.82, 2.24) is 0 Å². The molecule has 0 aromatic heterocycles. The maximum absolute atomic E-state index is 12.2. The van der Waals surface area contributed by atoms with Crippen LogP contribution in [0.4, 0.5) is 0 Å². The molecular weight excluding hydrogens is 270 g/mol. The van der Waals surface area contributed by atoms with E-state index in [2.05, 4.69) is 0 Å². The van der Waals surface area contributed by atoms with Crippen LogP contribution in [-0.4, -0.2) is 30.7 Å². The second-order valence-electron chi connectivity index (χ2n) is 4.07. The first-order valence-electron chi connectivity index (χ1n) is 5.61. The Hall–Kier alpha value is -1.89. The summed E-state index contributed by atoms with van der Waals surface area (Å²) < 4.78 is 24.5. The molecule has 0 radical (unpaired) electrons. The third-order valence-corrected chi connectivity index (χ3v) is 5.02. The van der Waals surface area contributed by atoms with Gasteiger partial charge in [-0.05, 0) is 31.0 Å². The van der Waals surface area contributed by atoms with E-state index in [1.54, 1.807) is 6.92 Å². The minimum Gasteiger partial charge on any atom is -0.478 e. The molecule has 0 fully saturated rings. The average molecular weight is 285 g/mol. The van der Waals surface area contributed by atoms with Gasteiger partial charge in [0, 0.05) is 0 Å². The summed E-state index contributed by atoms with van der Waals surface area (Å²) in [6, 6.07) is 3.83. The summed E-state index contributed by atoms with van der Waals surface area (Å²) in [5.74, 6) is -2.20. The van der Waals surface area contributed by atoms with Crippen LogP contribution in [0.25, 0.3) is 0 Å². The van der Waals surface area contributed by atoms with Gasteiger partial charge in [-0.25, -0.2) is 13.2 Å². The SMILES string of the molecule is CCc1ccc(C(=O)O)cc1S(=O)(=O)C(C)C(N)=O. The van der Waals surface area contributed by atoms with Crippen LogP contribution in [-0.2, 0) is 21.1 Å². The third-order valence-electron chi connectivity index (χ3n) is 2.87. The quantitative estimate of drug-likeness (QED) is 0.821. The molecule has 104 valence electrons. The van der Waals surface area contributed by atoms with Crippen molar-refractivity contribution in [3.8, 4) is 0 Å². The first-order valence-corrected chi connectivity index (χ1v) is 7.15. The molecule has 0 aliphatic heterocycles. The minimum absolute atomic E-state index is 0.146. The molecule has 1 unspecified atom stereocenters. The third kappa shape index (κ3) is 2.93. The van der Waals surface area contributed by atoms with Crippen molar-refractivity contribution < 1.29 is 23.1 Å². The van der Waals surface area contributed by atoms with E-state index >= 15 is 0 Å². The van der Waals surface area contributed by atoms with Gasteiger partial charge in [0.15, 0.2) is 9.84 Å². The summed E-state index contributed by atoms with van der Waals surface area (Å²) in [5.41, 5.74) is 5.33. The van der Waals surface area contributed by atoms with Crippen LogP contribution in [0.1, 0.15) is 29.8 Å². The van der Waals surface area contributed by atoms with Gasteiger partial charge in [-0.2, -0.15) is 0 Å². The van der Waals surface area contributed by atoms with Crippen molar-refractivity contribution in [3.05, 3.63) is 29.3 Å². The summed E-state index contributed by atoms with van der Waals surface area (Å²) >= 11 is 0. The van der Waals surface area contributed by atoms with Crippen molar-refractivity contribution in [2.24, 2.45) is 5.73 Å². The highest BCUT2D eigenvalue weighted by Crippen LogP contribution is 2.23. The zero-order chi connectivity index (χ0) is 14.8. The Kier molecular flexibility index (Phi) is 4.31. The number of benzene rings is 1. The molecule has 0 saturated heterocycles. The maximum Gasteiger partial charge on any atom is 0.335 e. The fraction of sp³-hybridized carbons (Fsp3) is 0.333. The van der Waals surface area contributed by atoms with Crippen molar-refractivity contribution >= 4 is 21.7 Å². The summed E-state index contributed by atoms with van der Waals surface area (Å²) in [5, 5.41) is 7.50. The van der Waals surface area contributed by atoms with Gasteiger partial charge in [-0.15, -0.1) is 0 Å². The van der Waals surface area contributed by atoms with Gasteiger partial charge in [0.2, 0.25) is 5.91 Å². The Morgan fingerprint density at radius 2 is 1.95 bits per heavy atom. The molecule has 1 aromatic rings. The Morgan fingerprint density at radius 1 is 1.37 bits per heavy atom. The normalized spacial score (nSPS) is 12.9. The molecule has 0 aliphatic rings. The number of nitrogens with two attached hydrogens (primary N) is 1. The number of hydrogen-bond acceptors (Lipinski definition) is 4. The Bertz CT molecular complexity index is 621. The first kappa shape index (κ1) is 15.2. The molecule has 1 atom stereocenters. The van der Waals surface area contributed by atoms with Gasteiger partial charge >= 0.3 is 5.97 Å². The van der Waals surface area contributed by atoms with Crippen LogP contribution in [0.3, 0.4) is 0 Å². The van der Waals surface area contributed by atoms with E-state index in [4.69, 9.17) is 10.8 Å². The molecule has 1 amide bonds. The Labute approximate surface area is 111 Å². The molecule has 0 spiro atoms. The van der Waals surface area contributed by atoms with E-state index < -0.39 is 27.0 Å². The molecule has 1 rings (SSSR count). The highest BCUT2D eigenvalue weighted by Gasteiger charge is 2.30. The number of carbonyl (C=O) groups excluding carboxylic acids is 1. The smallest absolute Gasteiger partial charge is 0.335 e. The largest absolute Gasteiger partial charge is 0.478 e. The molecular formula is C12H15NO5S. The molecule has 3 N–H and O–H groups in total. The summed E-state index contributed by atoms with van der Waals surface area (Å²) in [7, 11) is -3.97. The zero-order valence-electron chi connectivity index (χ0n) is 10.6. The summed E-state index contributed by atoms with van der Waals surface area (Å²) in [6.07, 6.45) is 0.403. The van der Waals surface area contributed by atoms with Gasteiger partial charge in [0.25, 0.3) is 0 Å². The lowest BCUT2D eigenvalue weighted by Gasteiger charge is -2.13. The molecule has 1 aromatic carbocycles. The van der Waals surface area contributed by atoms with E-state index in [0.717, 1.165) is 6.07 Å². The van der Waals surface area contributed by atoms with Crippen LogP contribution in [0.15, 0.2) is 23.1 Å². The van der Waals surface area contributed by atoms with Crippen LogP contribution in [0.2, 0.25) is 0 Å². The number of amides is 1. The lowest BCUT2D eigenvalue weighted by atomic mass is 10.1. The average Bonchev–Trinajstić information content (AvgIpc) is 2.36. The van der Waals surface area contributed by atoms with Gasteiger partial charge in [-0.3, -0.25) is 4.79 Å². The number of aromatic carboxylic acids is 1. The highest BCUT2D eigenvalue weighted by molar-refractivity contribution is 7.92. The lowest BCUT2D eigenvalue weighted by molar-refractivity contribution is -0.117. The van der Waals surface area contributed by atoms with Gasteiger partial charge < -0.3 is 10.8 Å². The fourth-order valence-electron chi connectivity index (χ4n) is 1.59. The number of carboxylic acid groups (broad SMARTS) is 1. The van der Waals surface area contributed by atoms with Crippen molar-refractivity contribution in [2.45, 2.75) is 30.4 Å². The standard InChI is InChI=1S/C12H15NO5S/c1-3-8-4-5-9(12(15)16)6-10(8)19(17,18)7(2)11(13)14/h4-7H,3H2,1-2H3,(H2,13,14)(H,15,16). The summed E-state index contributed by atoms with van der Waals surface area (Å²) in [6.45, 7) is 2.92. The van der Waals surface area contributed by atoms with Gasteiger partial charge in [0.1, 0.15) is 5.25 Å². The number of carboxylic acids is 1. The molecule has 0 saturated carbocycles.